The van der Waals surface area contributed by atoms with Gasteiger partial charge in [-0.05, 0) is 65.0 Å². The number of ether oxygens (including phenoxy) is 1. The van der Waals surface area contributed by atoms with Crippen LogP contribution < -0.4 is 5.32 Å². The lowest BCUT2D eigenvalue weighted by atomic mass is 9.98. The van der Waals surface area contributed by atoms with Crippen LogP contribution in [-0.2, 0) is 16.0 Å². The zero-order chi connectivity index (χ0) is 22.8. The SMILES string of the molecule is O=C(N[C@H](CCc1ccc(C2CC2)cc1)C(=O)O)OCC1c2ccccc2-c2ccccc21. The highest BCUT2D eigenvalue weighted by atomic mass is 16.5. The average Bonchev–Trinajstić information content (AvgIpc) is 3.63. The van der Waals surface area contributed by atoms with E-state index in [9.17, 15) is 14.7 Å². The predicted molar refractivity (Wildman–Crippen MR) is 126 cm³/mol. The molecule has 33 heavy (non-hydrogen) atoms. The fraction of sp³-hybridized carbons (Fsp3) is 0.286. The van der Waals surface area contributed by atoms with Crippen LogP contribution in [0.3, 0.4) is 0 Å². The number of nitrogens with one attached hydrogen (secondary N) is 1. The van der Waals surface area contributed by atoms with Gasteiger partial charge >= 0.3 is 12.1 Å². The number of rotatable bonds is 8. The van der Waals surface area contributed by atoms with E-state index in [1.165, 1.54) is 18.4 Å². The first-order valence-electron chi connectivity index (χ1n) is 11.5. The van der Waals surface area contributed by atoms with Crippen molar-refractivity contribution in [3.05, 3.63) is 95.1 Å². The van der Waals surface area contributed by atoms with Crippen LogP contribution in [0.4, 0.5) is 4.79 Å². The lowest BCUT2D eigenvalue weighted by molar-refractivity contribution is -0.139. The Kier molecular flexibility index (Phi) is 5.86. The van der Waals surface area contributed by atoms with Crippen LogP contribution in [-0.4, -0.2) is 29.8 Å². The van der Waals surface area contributed by atoms with E-state index >= 15 is 0 Å². The molecule has 3 aromatic carbocycles. The Morgan fingerprint density at radius 1 is 0.909 bits per heavy atom. The van der Waals surface area contributed by atoms with E-state index in [0.717, 1.165) is 27.8 Å². The van der Waals surface area contributed by atoms with E-state index in [0.29, 0.717) is 18.8 Å². The summed E-state index contributed by atoms with van der Waals surface area (Å²) in [7, 11) is 0. The predicted octanol–water partition coefficient (Wildman–Crippen LogP) is 5.49. The molecule has 168 valence electrons. The van der Waals surface area contributed by atoms with Crippen molar-refractivity contribution in [2.45, 2.75) is 43.6 Å². The molecule has 5 rings (SSSR count). The molecule has 0 bridgehead atoms. The Hall–Kier alpha value is -3.60. The van der Waals surface area contributed by atoms with Crippen LogP contribution in [0.15, 0.2) is 72.8 Å². The number of alkyl carbamates (subject to hydrolysis) is 1. The van der Waals surface area contributed by atoms with Gasteiger partial charge in [-0.3, -0.25) is 0 Å². The van der Waals surface area contributed by atoms with Crippen LogP contribution >= 0.6 is 0 Å². The van der Waals surface area contributed by atoms with E-state index in [1.807, 2.05) is 24.3 Å². The second-order valence-corrected chi connectivity index (χ2v) is 8.92. The summed E-state index contributed by atoms with van der Waals surface area (Å²) in [5.41, 5.74) is 6.97. The quantitative estimate of drug-likeness (QED) is 0.485. The number of amides is 1. The largest absolute Gasteiger partial charge is 0.480 e. The molecule has 3 aromatic rings. The normalized spacial score (nSPS) is 15.4. The maximum absolute atomic E-state index is 12.5. The fourth-order valence-corrected chi connectivity index (χ4v) is 4.72. The molecule has 0 aromatic heterocycles. The van der Waals surface area contributed by atoms with E-state index in [1.54, 1.807) is 0 Å². The highest BCUT2D eigenvalue weighted by Gasteiger charge is 2.30. The number of carbonyl (C=O) groups is 2. The minimum atomic E-state index is -1.06. The zero-order valence-corrected chi connectivity index (χ0v) is 18.4. The van der Waals surface area contributed by atoms with Gasteiger partial charge in [-0.15, -0.1) is 0 Å². The average molecular weight is 442 g/mol. The molecule has 0 radical (unpaired) electrons. The van der Waals surface area contributed by atoms with Crippen LogP contribution in [0.1, 0.15) is 53.4 Å². The third-order valence-corrected chi connectivity index (χ3v) is 6.68. The van der Waals surface area contributed by atoms with Gasteiger partial charge in [0, 0.05) is 5.92 Å². The van der Waals surface area contributed by atoms with Crippen LogP contribution in [0, 0.1) is 0 Å². The van der Waals surface area contributed by atoms with Crippen molar-refractivity contribution in [3.63, 3.8) is 0 Å². The Labute approximate surface area is 193 Å². The molecule has 1 fully saturated rings. The molecule has 2 N–H and O–H groups in total. The molecule has 1 amide bonds. The van der Waals surface area contributed by atoms with Crippen molar-refractivity contribution in [3.8, 4) is 11.1 Å². The summed E-state index contributed by atoms with van der Waals surface area (Å²) >= 11 is 0. The minimum absolute atomic E-state index is 0.0589. The van der Waals surface area contributed by atoms with Crippen molar-refractivity contribution >= 4 is 12.1 Å². The lowest BCUT2D eigenvalue weighted by Crippen LogP contribution is -2.41. The van der Waals surface area contributed by atoms with E-state index in [4.69, 9.17) is 4.74 Å². The monoisotopic (exact) mass is 441 g/mol. The smallest absolute Gasteiger partial charge is 0.407 e. The number of aryl methyl sites for hydroxylation is 1. The molecular formula is C28H27NO4. The number of hydrogen-bond donors (Lipinski definition) is 2. The Balaban J connectivity index is 1.18. The molecule has 5 nitrogen and oxygen atoms in total. The molecule has 1 atom stereocenters. The van der Waals surface area contributed by atoms with Gasteiger partial charge in [0.2, 0.25) is 0 Å². The fourth-order valence-electron chi connectivity index (χ4n) is 4.72. The zero-order valence-electron chi connectivity index (χ0n) is 18.4. The highest BCUT2D eigenvalue weighted by molar-refractivity contribution is 5.81. The molecule has 0 spiro atoms. The van der Waals surface area contributed by atoms with Crippen LogP contribution in [0.25, 0.3) is 11.1 Å². The summed E-state index contributed by atoms with van der Waals surface area (Å²) in [4.78, 5) is 24.2. The van der Waals surface area contributed by atoms with Crippen molar-refractivity contribution in [1.29, 1.82) is 0 Å². The van der Waals surface area contributed by atoms with Crippen molar-refractivity contribution in [2.75, 3.05) is 6.61 Å². The summed E-state index contributed by atoms with van der Waals surface area (Å²) in [6, 6.07) is 23.6. The maximum Gasteiger partial charge on any atom is 0.407 e. The third kappa shape index (κ3) is 4.63. The van der Waals surface area contributed by atoms with E-state index in [-0.39, 0.29) is 12.5 Å². The number of carbonyl (C=O) groups excluding carboxylic acids is 1. The number of benzene rings is 3. The van der Waals surface area contributed by atoms with E-state index in [2.05, 4.69) is 53.8 Å². The molecule has 0 unspecified atom stereocenters. The first kappa shape index (κ1) is 21.3. The summed E-state index contributed by atoms with van der Waals surface area (Å²) in [5, 5.41) is 12.1. The van der Waals surface area contributed by atoms with Gasteiger partial charge < -0.3 is 15.2 Å². The Morgan fingerprint density at radius 2 is 1.52 bits per heavy atom. The second kappa shape index (κ2) is 9.10. The summed E-state index contributed by atoms with van der Waals surface area (Å²) < 4.78 is 5.51. The molecule has 2 aliphatic rings. The Bertz CT molecular complexity index is 1120. The number of fused-ring (bicyclic) bond motifs is 3. The Morgan fingerprint density at radius 3 is 2.09 bits per heavy atom. The van der Waals surface area contributed by atoms with Crippen molar-refractivity contribution < 1.29 is 19.4 Å². The minimum Gasteiger partial charge on any atom is -0.480 e. The second-order valence-electron chi connectivity index (χ2n) is 8.92. The lowest BCUT2D eigenvalue weighted by Gasteiger charge is -2.17. The van der Waals surface area contributed by atoms with Gasteiger partial charge in [0.1, 0.15) is 12.6 Å². The standard InChI is InChI=1S/C28H27NO4/c30-27(31)26(16-11-18-9-12-19(13-10-18)20-14-15-20)29-28(32)33-17-25-23-7-3-1-5-21(23)22-6-2-4-8-24(22)25/h1-10,12-13,20,25-26H,11,14-17H2,(H,29,32)(H,30,31)/t26-/m1/s1. The number of carboxylic acids is 1. The highest BCUT2D eigenvalue weighted by Crippen LogP contribution is 2.44. The summed E-state index contributed by atoms with van der Waals surface area (Å²) in [6.45, 7) is 0.162. The first-order valence-corrected chi connectivity index (χ1v) is 11.5. The molecule has 0 heterocycles. The summed E-state index contributed by atoms with van der Waals surface area (Å²) in [6.07, 6.45) is 2.69. The molecule has 2 aliphatic carbocycles. The molecule has 0 aliphatic heterocycles. The third-order valence-electron chi connectivity index (χ3n) is 6.68. The number of aliphatic carboxylic acids is 1. The topological polar surface area (TPSA) is 75.6 Å². The van der Waals surface area contributed by atoms with Gasteiger partial charge in [-0.25, -0.2) is 9.59 Å². The van der Waals surface area contributed by atoms with Gasteiger partial charge in [-0.1, -0.05) is 72.8 Å². The molecular weight excluding hydrogens is 414 g/mol. The molecule has 1 saturated carbocycles. The van der Waals surface area contributed by atoms with Crippen molar-refractivity contribution in [1.82, 2.24) is 5.32 Å². The number of carboxylic acid groups (broad SMARTS) is 1. The summed E-state index contributed by atoms with van der Waals surface area (Å²) in [5.74, 6) is -0.421. The van der Waals surface area contributed by atoms with Gasteiger partial charge in [0.25, 0.3) is 0 Å². The number of hydrogen-bond acceptors (Lipinski definition) is 3. The van der Waals surface area contributed by atoms with Crippen LogP contribution in [0.5, 0.6) is 0 Å². The molecule has 0 saturated heterocycles. The van der Waals surface area contributed by atoms with Gasteiger partial charge in [0.05, 0.1) is 0 Å². The first-order chi connectivity index (χ1) is 16.1. The van der Waals surface area contributed by atoms with Gasteiger partial charge in [-0.2, -0.15) is 0 Å². The van der Waals surface area contributed by atoms with Gasteiger partial charge in [0.15, 0.2) is 0 Å². The maximum atomic E-state index is 12.5. The van der Waals surface area contributed by atoms with Crippen LogP contribution in [0.2, 0.25) is 0 Å². The molecule has 5 heteroatoms. The van der Waals surface area contributed by atoms with E-state index < -0.39 is 18.1 Å². The van der Waals surface area contributed by atoms with Crippen molar-refractivity contribution in [2.24, 2.45) is 0 Å².